The fraction of sp³-hybridized carbons (Fsp3) is 0.320. The Hall–Kier alpha value is -3.63. The van der Waals surface area contributed by atoms with E-state index >= 15 is 0 Å². The maximum atomic E-state index is 11.1. The van der Waals surface area contributed by atoms with Gasteiger partial charge in [0.2, 0.25) is 0 Å². The van der Waals surface area contributed by atoms with Crippen LogP contribution in [0.2, 0.25) is 0 Å². The van der Waals surface area contributed by atoms with Crippen molar-refractivity contribution in [2.75, 3.05) is 6.54 Å². The van der Waals surface area contributed by atoms with E-state index in [9.17, 15) is 4.79 Å². The number of nitrogens with zero attached hydrogens (tertiary/aromatic N) is 4. The third-order valence-corrected chi connectivity index (χ3v) is 5.50. The lowest BCUT2D eigenvalue weighted by atomic mass is 9.96. The molecular formula is C25H26N4O3. The van der Waals surface area contributed by atoms with Crippen LogP contribution in [0.4, 0.5) is 0 Å². The molecule has 7 nitrogen and oxygen atoms in total. The molecule has 2 heterocycles. The van der Waals surface area contributed by atoms with Crippen LogP contribution in [-0.4, -0.2) is 37.3 Å². The summed E-state index contributed by atoms with van der Waals surface area (Å²) in [5.74, 6) is 6.36. The van der Waals surface area contributed by atoms with Crippen molar-refractivity contribution >= 4 is 5.97 Å². The summed E-state index contributed by atoms with van der Waals surface area (Å²) >= 11 is 0. The second-order valence-corrected chi connectivity index (χ2v) is 7.87. The van der Waals surface area contributed by atoms with Gasteiger partial charge in [-0.1, -0.05) is 42.3 Å². The normalized spacial score (nSPS) is 14.2. The van der Waals surface area contributed by atoms with Crippen LogP contribution in [-0.2, 0) is 31.0 Å². The maximum absolute atomic E-state index is 11.1. The van der Waals surface area contributed by atoms with Gasteiger partial charge in [-0.2, -0.15) is 0 Å². The van der Waals surface area contributed by atoms with Crippen LogP contribution in [0.3, 0.4) is 0 Å². The predicted octanol–water partition coefficient (Wildman–Crippen LogP) is 3.45. The zero-order chi connectivity index (χ0) is 22.3. The first-order valence-corrected chi connectivity index (χ1v) is 10.6. The van der Waals surface area contributed by atoms with Gasteiger partial charge in [-0.05, 0) is 35.7 Å². The van der Waals surface area contributed by atoms with Gasteiger partial charge in [0.1, 0.15) is 24.5 Å². The number of aliphatic carboxylic acids is 1. The number of hydrogen-bond donors (Lipinski definition) is 1. The average molecular weight is 431 g/mol. The molecule has 0 saturated heterocycles. The molecule has 32 heavy (non-hydrogen) atoms. The van der Waals surface area contributed by atoms with E-state index in [0.29, 0.717) is 6.61 Å². The Labute approximate surface area is 187 Å². The van der Waals surface area contributed by atoms with Crippen LogP contribution in [0.1, 0.15) is 41.8 Å². The van der Waals surface area contributed by atoms with Crippen molar-refractivity contribution in [3.63, 3.8) is 0 Å². The first-order chi connectivity index (χ1) is 15.6. The molecule has 164 valence electrons. The van der Waals surface area contributed by atoms with E-state index in [1.54, 1.807) is 13.3 Å². The van der Waals surface area contributed by atoms with Crippen molar-refractivity contribution < 1.29 is 14.6 Å². The minimum Gasteiger partial charge on any atom is -0.489 e. The molecule has 1 aliphatic rings. The summed E-state index contributed by atoms with van der Waals surface area (Å²) in [4.78, 5) is 13.4. The second-order valence-electron chi connectivity index (χ2n) is 7.87. The molecular weight excluding hydrogens is 404 g/mol. The summed E-state index contributed by atoms with van der Waals surface area (Å²) in [5.41, 5.74) is 3.23. The number of ether oxygens (including phenoxy) is 1. The second kappa shape index (κ2) is 10.1. The molecule has 0 aliphatic carbocycles. The molecule has 2 aromatic carbocycles. The monoisotopic (exact) mass is 430 g/mol. The first-order valence-electron chi connectivity index (χ1n) is 10.6. The Bertz CT molecular complexity index is 1130. The number of aromatic nitrogens is 3. The molecule has 0 unspecified atom stereocenters. The van der Waals surface area contributed by atoms with Gasteiger partial charge >= 0.3 is 5.97 Å². The smallest absolute Gasteiger partial charge is 0.304 e. The van der Waals surface area contributed by atoms with E-state index < -0.39 is 5.97 Å². The molecule has 4 rings (SSSR count). The number of carboxylic acid groups (broad SMARTS) is 1. The molecule has 0 radical (unpaired) electrons. The van der Waals surface area contributed by atoms with E-state index in [4.69, 9.17) is 9.84 Å². The zero-order valence-electron chi connectivity index (χ0n) is 18.1. The van der Waals surface area contributed by atoms with Crippen molar-refractivity contribution in [1.29, 1.82) is 0 Å². The SMILES string of the molecule is CC#C[C@@H](CC(=O)O)c1ccc(OCc2cccc(CN3CCn4cnnc4C3)c2)cc1. The quantitative estimate of drug-likeness (QED) is 0.552. The van der Waals surface area contributed by atoms with Gasteiger partial charge in [-0.25, -0.2) is 0 Å². The van der Waals surface area contributed by atoms with E-state index in [1.807, 2.05) is 24.3 Å². The molecule has 0 bridgehead atoms. The van der Waals surface area contributed by atoms with Crippen LogP contribution in [0, 0.1) is 11.8 Å². The molecule has 0 fully saturated rings. The standard InChI is InChI=1S/C25H26N4O3/c1-2-4-22(14-25(30)31)21-7-9-23(10-8-21)32-17-20-6-3-5-19(13-20)15-28-11-12-29-18-26-27-24(29)16-28/h3,5-10,13,18,22H,11-12,14-17H2,1H3,(H,30,31)/t22-/m0/s1. The minimum absolute atomic E-state index is 0.0107. The topological polar surface area (TPSA) is 80.5 Å². The molecule has 1 aromatic heterocycles. The van der Waals surface area contributed by atoms with Gasteiger partial charge in [-0.15, -0.1) is 16.1 Å². The molecule has 0 saturated carbocycles. The average Bonchev–Trinajstić information content (AvgIpc) is 3.26. The van der Waals surface area contributed by atoms with Crippen molar-refractivity contribution in [3.05, 3.63) is 77.4 Å². The summed E-state index contributed by atoms with van der Waals surface area (Å²) in [7, 11) is 0. The third-order valence-electron chi connectivity index (χ3n) is 5.50. The van der Waals surface area contributed by atoms with Gasteiger partial charge in [0.05, 0.1) is 18.9 Å². The Morgan fingerprint density at radius 1 is 1.19 bits per heavy atom. The van der Waals surface area contributed by atoms with Gasteiger partial charge < -0.3 is 14.4 Å². The van der Waals surface area contributed by atoms with Crippen molar-refractivity contribution in [1.82, 2.24) is 19.7 Å². The minimum atomic E-state index is -0.857. The Morgan fingerprint density at radius 3 is 2.78 bits per heavy atom. The molecule has 0 spiro atoms. The summed E-state index contributed by atoms with van der Waals surface area (Å²) in [6.45, 7) is 5.74. The molecule has 1 N–H and O–H groups in total. The number of benzene rings is 2. The van der Waals surface area contributed by atoms with Crippen molar-refractivity contribution in [2.24, 2.45) is 0 Å². The number of rotatable bonds is 8. The maximum Gasteiger partial charge on any atom is 0.304 e. The van der Waals surface area contributed by atoms with E-state index in [1.165, 1.54) is 5.56 Å². The van der Waals surface area contributed by atoms with Crippen molar-refractivity contribution in [2.45, 2.75) is 45.5 Å². The van der Waals surface area contributed by atoms with Crippen LogP contribution < -0.4 is 4.74 Å². The van der Waals surface area contributed by atoms with Gasteiger partial charge in [0.15, 0.2) is 0 Å². The largest absolute Gasteiger partial charge is 0.489 e. The Kier molecular flexibility index (Phi) is 6.83. The van der Waals surface area contributed by atoms with Crippen LogP contribution in [0.5, 0.6) is 5.75 Å². The Morgan fingerprint density at radius 2 is 2.00 bits per heavy atom. The Balaban J connectivity index is 1.34. The molecule has 3 aromatic rings. The number of fused-ring (bicyclic) bond motifs is 1. The predicted molar refractivity (Wildman–Crippen MR) is 120 cm³/mol. The van der Waals surface area contributed by atoms with Gasteiger partial charge in [0, 0.05) is 19.6 Å². The summed E-state index contributed by atoms with van der Waals surface area (Å²) in [6.07, 6.45) is 1.78. The highest BCUT2D eigenvalue weighted by atomic mass is 16.5. The van der Waals surface area contributed by atoms with Crippen LogP contribution in [0.25, 0.3) is 0 Å². The van der Waals surface area contributed by atoms with E-state index in [0.717, 1.165) is 48.9 Å². The third kappa shape index (κ3) is 5.54. The summed E-state index contributed by atoms with van der Waals surface area (Å²) in [5, 5.41) is 17.3. The number of carboxylic acids is 1. The zero-order valence-corrected chi connectivity index (χ0v) is 18.1. The molecule has 0 amide bonds. The van der Waals surface area contributed by atoms with Gasteiger partial charge in [-0.3, -0.25) is 9.69 Å². The first kappa shape index (κ1) is 21.6. The molecule has 1 atom stereocenters. The molecule has 7 heteroatoms. The lowest BCUT2D eigenvalue weighted by Crippen LogP contribution is -2.33. The summed E-state index contributed by atoms with van der Waals surface area (Å²) in [6, 6.07) is 15.9. The highest BCUT2D eigenvalue weighted by Crippen LogP contribution is 2.23. The molecule has 1 aliphatic heterocycles. The number of hydrogen-bond acceptors (Lipinski definition) is 5. The highest BCUT2D eigenvalue weighted by molar-refractivity contribution is 5.69. The fourth-order valence-corrected chi connectivity index (χ4v) is 3.89. The lowest BCUT2D eigenvalue weighted by molar-refractivity contribution is -0.137. The lowest BCUT2D eigenvalue weighted by Gasteiger charge is -2.27. The summed E-state index contributed by atoms with van der Waals surface area (Å²) < 4.78 is 8.06. The van der Waals surface area contributed by atoms with E-state index in [-0.39, 0.29) is 12.3 Å². The van der Waals surface area contributed by atoms with Crippen LogP contribution in [0.15, 0.2) is 54.9 Å². The highest BCUT2D eigenvalue weighted by Gasteiger charge is 2.17. The van der Waals surface area contributed by atoms with E-state index in [2.05, 4.69) is 55.8 Å². The van der Waals surface area contributed by atoms with Gasteiger partial charge in [0.25, 0.3) is 0 Å². The van der Waals surface area contributed by atoms with Crippen molar-refractivity contribution in [3.8, 4) is 17.6 Å². The van der Waals surface area contributed by atoms with Crippen LogP contribution >= 0.6 is 0 Å². The number of carbonyl (C=O) groups is 1. The fourth-order valence-electron chi connectivity index (χ4n) is 3.89.